The summed E-state index contributed by atoms with van der Waals surface area (Å²) in [6.07, 6.45) is 7.54. The molecule has 0 saturated carbocycles. The van der Waals surface area contributed by atoms with E-state index >= 15 is 0 Å². The predicted octanol–water partition coefficient (Wildman–Crippen LogP) is 9.75. The highest BCUT2D eigenvalue weighted by atomic mass is 32.1. The molecule has 3 aromatic rings. The predicted molar refractivity (Wildman–Crippen MR) is 183 cm³/mol. The average molecular weight is 643 g/mol. The number of aryl methyl sites for hydroxylation is 1. The molecule has 45 heavy (non-hydrogen) atoms. The van der Waals surface area contributed by atoms with Crippen molar-refractivity contribution in [1.29, 1.82) is 0 Å². The van der Waals surface area contributed by atoms with Gasteiger partial charge < -0.3 is 23.7 Å². The van der Waals surface area contributed by atoms with Crippen molar-refractivity contribution in [2.45, 2.75) is 123 Å². The second kappa shape index (κ2) is 19.1. The first-order valence-electron chi connectivity index (χ1n) is 17.3. The van der Waals surface area contributed by atoms with Gasteiger partial charge in [-0.3, -0.25) is 0 Å². The Labute approximate surface area is 274 Å². The van der Waals surface area contributed by atoms with Gasteiger partial charge in [-0.15, -0.1) is 11.3 Å². The summed E-state index contributed by atoms with van der Waals surface area (Å²) in [5.74, 6) is -0.193. The summed E-state index contributed by atoms with van der Waals surface area (Å²) in [6.45, 7) is 13.9. The van der Waals surface area contributed by atoms with Gasteiger partial charge in [0.05, 0.1) is 6.61 Å². The standard InChI is InChI=1S/C38H55FO5S/c1-6-10-19-40-26-32-36(41-20-11-7-2)38(43-22-13-9-4)37(42-21-12-8-3)35(44-32)29-16-14-15-28(23-29)24-34-27(5)31-25-30(39)17-18-33(31)45-34/h14-18,23,25,32,35-38H,6-13,19-22,24,26H2,1-5H3/t32-,35?,36-,37+,38+/m1/s1. The van der Waals surface area contributed by atoms with E-state index in [1.807, 2.05) is 6.07 Å². The largest absolute Gasteiger partial charge is 0.379 e. The monoisotopic (exact) mass is 642 g/mol. The van der Waals surface area contributed by atoms with Crippen LogP contribution in [0.2, 0.25) is 0 Å². The average Bonchev–Trinajstić information content (AvgIpc) is 3.34. The van der Waals surface area contributed by atoms with Crippen molar-refractivity contribution >= 4 is 21.4 Å². The van der Waals surface area contributed by atoms with Gasteiger partial charge >= 0.3 is 0 Å². The Morgan fingerprint density at radius 3 is 2.09 bits per heavy atom. The molecule has 5 nitrogen and oxygen atoms in total. The van der Waals surface area contributed by atoms with Gasteiger partial charge in [-0.1, -0.05) is 77.6 Å². The van der Waals surface area contributed by atoms with Gasteiger partial charge in [-0.05, 0) is 72.9 Å². The number of unbranched alkanes of at least 4 members (excludes halogenated alkanes) is 4. The van der Waals surface area contributed by atoms with E-state index in [0.717, 1.165) is 79.0 Å². The van der Waals surface area contributed by atoms with Crippen LogP contribution in [0.3, 0.4) is 0 Å². The van der Waals surface area contributed by atoms with E-state index in [9.17, 15) is 4.39 Å². The van der Waals surface area contributed by atoms with Gasteiger partial charge in [0.25, 0.3) is 0 Å². The van der Waals surface area contributed by atoms with Gasteiger partial charge in [0, 0.05) is 42.4 Å². The Bertz CT molecular complexity index is 1280. The van der Waals surface area contributed by atoms with Crippen molar-refractivity contribution in [3.05, 3.63) is 69.8 Å². The Hall–Kier alpha value is -1.87. The molecular weight excluding hydrogens is 587 g/mol. The summed E-state index contributed by atoms with van der Waals surface area (Å²) in [6, 6.07) is 13.8. The van der Waals surface area contributed by atoms with Gasteiger partial charge in [-0.25, -0.2) is 4.39 Å². The number of fused-ring (bicyclic) bond motifs is 1. The molecule has 1 unspecified atom stereocenters. The summed E-state index contributed by atoms with van der Waals surface area (Å²) < 4.78 is 48.2. The molecule has 1 aliphatic heterocycles. The van der Waals surface area contributed by atoms with E-state index < -0.39 is 0 Å². The molecule has 2 heterocycles. The van der Waals surface area contributed by atoms with E-state index in [0.29, 0.717) is 33.0 Å². The van der Waals surface area contributed by atoms with Crippen molar-refractivity contribution in [2.75, 3.05) is 33.0 Å². The third-order valence-corrected chi connectivity index (χ3v) is 9.90. The van der Waals surface area contributed by atoms with E-state index in [2.05, 4.69) is 58.9 Å². The smallest absolute Gasteiger partial charge is 0.123 e. The summed E-state index contributed by atoms with van der Waals surface area (Å²) in [7, 11) is 0. The van der Waals surface area contributed by atoms with Crippen molar-refractivity contribution in [3.8, 4) is 0 Å². The molecule has 4 rings (SSSR count). The lowest BCUT2D eigenvalue weighted by atomic mass is 9.89. The molecular formula is C38H55FO5S. The zero-order valence-corrected chi connectivity index (χ0v) is 29.0. The normalized spacial score (nSPS) is 22.0. The summed E-state index contributed by atoms with van der Waals surface area (Å²) in [5, 5.41) is 0.998. The molecule has 250 valence electrons. The Kier molecular flexibility index (Phi) is 15.2. The number of ether oxygens (including phenoxy) is 5. The molecule has 1 fully saturated rings. The van der Waals surface area contributed by atoms with E-state index in [4.69, 9.17) is 23.7 Å². The van der Waals surface area contributed by atoms with Crippen LogP contribution >= 0.6 is 11.3 Å². The zero-order chi connectivity index (χ0) is 32.0. The molecule has 1 aliphatic rings. The van der Waals surface area contributed by atoms with Crippen LogP contribution in [0.15, 0.2) is 42.5 Å². The van der Waals surface area contributed by atoms with E-state index in [1.165, 1.54) is 10.4 Å². The van der Waals surface area contributed by atoms with Crippen molar-refractivity contribution < 1.29 is 28.1 Å². The number of rotatable bonds is 20. The highest BCUT2D eigenvalue weighted by Crippen LogP contribution is 2.39. The second-order valence-corrected chi connectivity index (χ2v) is 13.4. The number of thiophene rings is 1. The van der Waals surface area contributed by atoms with Crippen molar-refractivity contribution in [1.82, 2.24) is 0 Å². The Morgan fingerprint density at radius 1 is 0.756 bits per heavy atom. The minimum atomic E-state index is -0.322. The fourth-order valence-corrected chi connectivity index (χ4v) is 7.13. The maximum Gasteiger partial charge on any atom is 0.123 e. The molecule has 0 bridgehead atoms. The Morgan fingerprint density at radius 2 is 1.40 bits per heavy atom. The summed E-state index contributed by atoms with van der Waals surface area (Å²) >= 11 is 1.74. The van der Waals surface area contributed by atoms with Gasteiger partial charge in [-0.2, -0.15) is 0 Å². The molecule has 0 aliphatic carbocycles. The highest BCUT2D eigenvalue weighted by Gasteiger charge is 2.48. The summed E-state index contributed by atoms with van der Waals surface area (Å²) in [4.78, 5) is 1.25. The third kappa shape index (κ3) is 10.1. The third-order valence-electron chi connectivity index (χ3n) is 8.62. The van der Waals surface area contributed by atoms with Crippen LogP contribution in [0.5, 0.6) is 0 Å². The number of hydrogen-bond acceptors (Lipinski definition) is 6. The first-order valence-corrected chi connectivity index (χ1v) is 18.2. The molecule has 0 radical (unpaired) electrons. The maximum absolute atomic E-state index is 14.0. The molecule has 0 amide bonds. The van der Waals surface area contributed by atoms with Crippen LogP contribution in [-0.4, -0.2) is 57.5 Å². The lowest BCUT2D eigenvalue weighted by Gasteiger charge is -2.46. The highest BCUT2D eigenvalue weighted by molar-refractivity contribution is 7.19. The molecule has 5 atom stereocenters. The fraction of sp³-hybridized carbons (Fsp3) is 0.632. The molecule has 1 aromatic heterocycles. The number of halogens is 1. The Balaban J connectivity index is 1.66. The van der Waals surface area contributed by atoms with Gasteiger partial charge in [0.1, 0.15) is 36.3 Å². The van der Waals surface area contributed by atoms with Crippen LogP contribution in [0.25, 0.3) is 10.1 Å². The topological polar surface area (TPSA) is 46.2 Å². The zero-order valence-electron chi connectivity index (χ0n) is 28.2. The minimum absolute atomic E-state index is 0.193. The van der Waals surface area contributed by atoms with Gasteiger partial charge in [0.2, 0.25) is 0 Å². The molecule has 1 saturated heterocycles. The first kappa shape index (κ1) is 36.0. The van der Waals surface area contributed by atoms with Crippen LogP contribution in [0.1, 0.15) is 107 Å². The minimum Gasteiger partial charge on any atom is -0.379 e. The number of benzene rings is 2. The van der Waals surface area contributed by atoms with E-state index in [1.54, 1.807) is 23.5 Å². The summed E-state index contributed by atoms with van der Waals surface area (Å²) in [5.41, 5.74) is 3.42. The quantitative estimate of drug-likeness (QED) is 0.115. The van der Waals surface area contributed by atoms with Gasteiger partial charge in [0.15, 0.2) is 0 Å². The fourth-order valence-electron chi connectivity index (χ4n) is 5.91. The SMILES string of the molecule is CCCCOC[C@H]1OC(c2cccc(Cc3sc4ccc(F)cc4c3C)c2)[C@H](OCCCC)[C@@H](OCCCC)[C@@H]1OCCCC. The lowest BCUT2D eigenvalue weighted by molar-refractivity contribution is -0.268. The van der Waals surface area contributed by atoms with Crippen LogP contribution in [0, 0.1) is 12.7 Å². The molecule has 0 N–H and O–H groups in total. The second-order valence-electron chi connectivity index (χ2n) is 12.3. The molecule has 0 spiro atoms. The molecule has 7 heteroatoms. The number of hydrogen-bond donors (Lipinski definition) is 0. The van der Waals surface area contributed by atoms with Crippen LogP contribution in [0.4, 0.5) is 4.39 Å². The van der Waals surface area contributed by atoms with Crippen LogP contribution < -0.4 is 0 Å². The van der Waals surface area contributed by atoms with Crippen molar-refractivity contribution in [2.24, 2.45) is 0 Å². The van der Waals surface area contributed by atoms with Crippen LogP contribution in [-0.2, 0) is 30.1 Å². The van der Waals surface area contributed by atoms with Crippen molar-refractivity contribution in [3.63, 3.8) is 0 Å². The molecule has 2 aromatic carbocycles. The first-order chi connectivity index (χ1) is 22.0. The maximum atomic E-state index is 14.0. The lowest BCUT2D eigenvalue weighted by Crippen LogP contribution is -2.58. The van der Waals surface area contributed by atoms with E-state index in [-0.39, 0.29) is 36.3 Å².